The molecule has 1 atom stereocenters. The van der Waals surface area contributed by atoms with Crippen LogP contribution in [0.3, 0.4) is 0 Å². The molecule has 1 saturated carbocycles. The molecular formula is C18H27N3O3. The highest BCUT2D eigenvalue weighted by atomic mass is 16.3. The van der Waals surface area contributed by atoms with Crippen molar-refractivity contribution in [2.45, 2.75) is 38.6 Å². The fourth-order valence-electron chi connectivity index (χ4n) is 3.99. The average molecular weight is 333 g/mol. The minimum absolute atomic E-state index is 0.0479. The van der Waals surface area contributed by atoms with Crippen molar-refractivity contribution in [1.82, 2.24) is 15.1 Å². The van der Waals surface area contributed by atoms with Crippen molar-refractivity contribution in [2.24, 2.45) is 5.92 Å². The highest BCUT2D eigenvalue weighted by molar-refractivity contribution is 5.91. The zero-order valence-corrected chi connectivity index (χ0v) is 14.4. The second kappa shape index (κ2) is 7.83. The molecule has 24 heavy (non-hydrogen) atoms. The first-order chi connectivity index (χ1) is 11.7. The van der Waals surface area contributed by atoms with E-state index in [-0.39, 0.29) is 17.9 Å². The molecule has 1 saturated heterocycles. The van der Waals surface area contributed by atoms with Gasteiger partial charge in [-0.3, -0.25) is 14.5 Å². The molecule has 3 rings (SSSR count). The number of hydrogen-bond donors (Lipinski definition) is 1. The zero-order valence-electron chi connectivity index (χ0n) is 14.4. The van der Waals surface area contributed by atoms with E-state index in [1.54, 1.807) is 12.1 Å². The number of nitrogens with one attached hydrogen (secondary N) is 1. The Morgan fingerprint density at radius 1 is 1.25 bits per heavy atom. The molecular weight excluding hydrogens is 306 g/mol. The Balaban J connectivity index is 1.62. The number of piperazine rings is 1. The molecule has 2 amide bonds. The van der Waals surface area contributed by atoms with E-state index in [0.29, 0.717) is 31.3 Å². The van der Waals surface area contributed by atoms with Crippen LogP contribution in [0.25, 0.3) is 0 Å². The van der Waals surface area contributed by atoms with E-state index in [2.05, 4.69) is 10.2 Å². The van der Waals surface area contributed by atoms with Gasteiger partial charge in [0.2, 0.25) is 5.91 Å². The van der Waals surface area contributed by atoms with Gasteiger partial charge < -0.3 is 14.6 Å². The van der Waals surface area contributed by atoms with Crippen LogP contribution in [-0.4, -0.2) is 60.4 Å². The fraction of sp³-hybridized carbons (Fsp3) is 0.667. The van der Waals surface area contributed by atoms with Crippen LogP contribution in [0.1, 0.15) is 43.2 Å². The predicted molar refractivity (Wildman–Crippen MR) is 90.6 cm³/mol. The van der Waals surface area contributed by atoms with Crippen molar-refractivity contribution in [1.29, 1.82) is 0 Å². The first-order valence-electron chi connectivity index (χ1n) is 9.05. The predicted octanol–water partition coefficient (Wildman–Crippen LogP) is 1.73. The second-order valence-electron chi connectivity index (χ2n) is 6.69. The standard InChI is InChI=1S/C18H27N3O3/c1-2-19-17(22)16(14-6-3-4-7-14)20-9-11-21(12-10-20)18(23)15-8-5-13-24-15/h5,8,13-14,16H,2-4,6-7,9-12H2,1H3,(H,19,22)/t16-/m1/s1. The van der Waals surface area contributed by atoms with E-state index < -0.39 is 0 Å². The molecule has 6 heteroatoms. The summed E-state index contributed by atoms with van der Waals surface area (Å²) < 4.78 is 5.21. The average Bonchev–Trinajstić information content (AvgIpc) is 3.29. The topological polar surface area (TPSA) is 65.8 Å². The summed E-state index contributed by atoms with van der Waals surface area (Å²) >= 11 is 0. The van der Waals surface area contributed by atoms with Gasteiger partial charge in [0.1, 0.15) is 0 Å². The smallest absolute Gasteiger partial charge is 0.289 e. The third-order valence-electron chi connectivity index (χ3n) is 5.19. The van der Waals surface area contributed by atoms with E-state index in [4.69, 9.17) is 4.42 Å². The van der Waals surface area contributed by atoms with Crippen molar-refractivity contribution in [3.8, 4) is 0 Å². The van der Waals surface area contributed by atoms with Crippen LogP contribution in [0, 0.1) is 5.92 Å². The molecule has 1 aliphatic carbocycles. The molecule has 1 N–H and O–H groups in total. The van der Waals surface area contributed by atoms with E-state index in [1.807, 2.05) is 11.8 Å². The summed E-state index contributed by atoms with van der Waals surface area (Å²) in [5, 5.41) is 3.00. The van der Waals surface area contributed by atoms with Crippen molar-refractivity contribution < 1.29 is 14.0 Å². The molecule has 0 aromatic carbocycles. The molecule has 0 spiro atoms. The van der Waals surface area contributed by atoms with E-state index in [9.17, 15) is 9.59 Å². The summed E-state index contributed by atoms with van der Waals surface area (Å²) in [7, 11) is 0. The molecule has 0 bridgehead atoms. The highest BCUT2D eigenvalue weighted by Gasteiger charge is 2.37. The number of rotatable bonds is 5. The van der Waals surface area contributed by atoms with Crippen LogP contribution in [0.5, 0.6) is 0 Å². The Bertz CT molecular complexity index is 544. The molecule has 2 fully saturated rings. The maximum Gasteiger partial charge on any atom is 0.289 e. The quantitative estimate of drug-likeness (QED) is 0.891. The van der Waals surface area contributed by atoms with Gasteiger partial charge in [0.15, 0.2) is 5.76 Å². The van der Waals surface area contributed by atoms with E-state index in [0.717, 1.165) is 25.9 Å². The van der Waals surface area contributed by atoms with Gasteiger partial charge in [-0.2, -0.15) is 0 Å². The van der Waals surface area contributed by atoms with Gasteiger partial charge in [-0.25, -0.2) is 0 Å². The van der Waals surface area contributed by atoms with Gasteiger partial charge in [0.25, 0.3) is 5.91 Å². The van der Waals surface area contributed by atoms with Gasteiger partial charge in [-0.1, -0.05) is 12.8 Å². The molecule has 2 aliphatic rings. The number of carbonyl (C=O) groups is 2. The lowest BCUT2D eigenvalue weighted by atomic mass is 9.95. The Morgan fingerprint density at radius 3 is 2.54 bits per heavy atom. The molecule has 132 valence electrons. The van der Waals surface area contributed by atoms with Crippen molar-refractivity contribution in [3.05, 3.63) is 24.2 Å². The van der Waals surface area contributed by atoms with E-state index in [1.165, 1.54) is 19.1 Å². The monoisotopic (exact) mass is 333 g/mol. The third-order valence-corrected chi connectivity index (χ3v) is 5.19. The lowest BCUT2D eigenvalue weighted by molar-refractivity contribution is -0.129. The van der Waals surface area contributed by atoms with Gasteiger partial charge in [0, 0.05) is 32.7 Å². The number of hydrogen-bond acceptors (Lipinski definition) is 4. The molecule has 1 aromatic heterocycles. The summed E-state index contributed by atoms with van der Waals surface area (Å²) in [5.41, 5.74) is 0. The molecule has 0 radical (unpaired) electrons. The van der Waals surface area contributed by atoms with Crippen LogP contribution < -0.4 is 5.32 Å². The fourth-order valence-corrected chi connectivity index (χ4v) is 3.99. The highest BCUT2D eigenvalue weighted by Crippen LogP contribution is 2.31. The van der Waals surface area contributed by atoms with Crippen LogP contribution in [0.4, 0.5) is 0 Å². The summed E-state index contributed by atoms with van der Waals surface area (Å²) in [6, 6.07) is 3.38. The van der Waals surface area contributed by atoms with Crippen LogP contribution in [-0.2, 0) is 4.79 Å². The number of nitrogens with zero attached hydrogens (tertiary/aromatic N) is 2. The van der Waals surface area contributed by atoms with Crippen molar-refractivity contribution in [3.63, 3.8) is 0 Å². The van der Waals surface area contributed by atoms with Gasteiger partial charge in [0.05, 0.1) is 12.3 Å². The lowest BCUT2D eigenvalue weighted by Gasteiger charge is -2.40. The van der Waals surface area contributed by atoms with Gasteiger partial charge in [-0.15, -0.1) is 0 Å². The first-order valence-corrected chi connectivity index (χ1v) is 9.05. The number of carbonyl (C=O) groups excluding carboxylic acids is 2. The van der Waals surface area contributed by atoms with Gasteiger partial charge in [-0.05, 0) is 37.8 Å². The van der Waals surface area contributed by atoms with Crippen LogP contribution in [0.15, 0.2) is 22.8 Å². The molecule has 1 aromatic rings. The molecule has 6 nitrogen and oxygen atoms in total. The van der Waals surface area contributed by atoms with Gasteiger partial charge >= 0.3 is 0 Å². The number of likely N-dealkylation sites (N-methyl/N-ethyl adjacent to an activating group) is 1. The normalized spacial score (nSPS) is 21.0. The first kappa shape index (κ1) is 17.0. The maximum atomic E-state index is 12.6. The Hall–Kier alpha value is -1.82. The SMILES string of the molecule is CCNC(=O)[C@@H](C1CCCC1)N1CCN(C(=O)c2ccco2)CC1. The largest absolute Gasteiger partial charge is 0.459 e. The van der Waals surface area contributed by atoms with E-state index >= 15 is 0 Å². The maximum absolute atomic E-state index is 12.6. The van der Waals surface area contributed by atoms with Crippen molar-refractivity contribution >= 4 is 11.8 Å². The summed E-state index contributed by atoms with van der Waals surface area (Å²) in [6.07, 6.45) is 6.23. The lowest BCUT2D eigenvalue weighted by Crippen LogP contribution is -2.57. The van der Waals surface area contributed by atoms with Crippen molar-refractivity contribution in [2.75, 3.05) is 32.7 Å². The number of furan rings is 1. The second-order valence-corrected chi connectivity index (χ2v) is 6.69. The Labute approximate surface area is 143 Å². The minimum atomic E-state index is -0.0601. The molecule has 1 aliphatic heterocycles. The third kappa shape index (κ3) is 3.64. The zero-order chi connectivity index (χ0) is 16.9. The Morgan fingerprint density at radius 2 is 1.96 bits per heavy atom. The minimum Gasteiger partial charge on any atom is -0.459 e. The van der Waals surface area contributed by atoms with Crippen LogP contribution in [0.2, 0.25) is 0 Å². The molecule has 2 heterocycles. The molecule has 0 unspecified atom stereocenters. The van der Waals surface area contributed by atoms with Crippen LogP contribution >= 0.6 is 0 Å². The Kier molecular flexibility index (Phi) is 5.56. The number of amides is 2. The summed E-state index contributed by atoms with van der Waals surface area (Å²) in [6.45, 7) is 5.39. The summed E-state index contributed by atoms with van der Waals surface area (Å²) in [4.78, 5) is 29.0. The summed E-state index contributed by atoms with van der Waals surface area (Å²) in [5.74, 6) is 0.925.